The number of carbonyl (C=O) groups is 1. The molecule has 8 heteroatoms. The molecule has 0 bridgehead atoms. The summed E-state index contributed by atoms with van der Waals surface area (Å²) in [5, 5.41) is 19.2. The molecule has 1 fully saturated rings. The van der Waals surface area contributed by atoms with Crippen molar-refractivity contribution in [2.75, 3.05) is 18.4 Å². The molecule has 0 unspecified atom stereocenters. The zero-order valence-electron chi connectivity index (χ0n) is 14.5. The van der Waals surface area contributed by atoms with Crippen molar-refractivity contribution in [3.05, 3.63) is 47.7 Å². The number of hydrogen-bond acceptors (Lipinski definition) is 7. The monoisotopic (exact) mass is 378 g/mol. The minimum Gasteiger partial charge on any atom is -0.348 e. The van der Waals surface area contributed by atoms with E-state index in [9.17, 15) is 4.79 Å². The zero-order valence-corrected chi connectivity index (χ0v) is 15.3. The molecule has 7 nitrogen and oxygen atoms in total. The molecule has 4 rings (SSSR count). The number of fused-ring (bicyclic) bond motifs is 1. The van der Waals surface area contributed by atoms with Crippen LogP contribution in [-0.2, 0) is 0 Å². The first-order valence-corrected chi connectivity index (χ1v) is 9.58. The molecule has 136 valence electrons. The van der Waals surface area contributed by atoms with Gasteiger partial charge in [0.1, 0.15) is 5.82 Å². The summed E-state index contributed by atoms with van der Waals surface area (Å²) in [5.41, 5.74) is 1.98. The molecule has 1 saturated heterocycles. The van der Waals surface area contributed by atoms with Gasteiger partial charge in [0.2, 0.25) is 0 Å². The SMILES string of the molecule is N#Cc1ccc2nc(Nc3cc(C(=O)N[C@@H]4CCCNC4)ccn3)sc2c1. The summed E-state index contributed by atoms with van der Waals surface area (Å²) in [6.45, 7) is 1.81. The van der Waals surface area contributed by atoms with Crippen molar-refractivity contribution in [1.29, 1.82) is 5.26 Å². The van der Waals surface area contributed by atoms with Crippen LogP contribution in [-0.4, -0.2) is 35.0 Å². The highest BCUT2D eigenvalue weighted by Gasteiger charge is 2.17. The number of anilines is 2. The van der Waals surface area contributed by atoms with E-state index in [-0.39, 0.29) is 11.9 Å². The van der Waals surface area contributed by atoms with Gasteiger partial charge in [-0.1, -0.05) is 11.3 Å². The summed E-state index contributed by atoms with van der Waals surface area (Å²) in [4.78, 5) is 21.3. The number of pyridine rings is 1. The summed E-state index contributed by atoms with van der Waals surface area (Å²) in [6, 6.07) is 11.1. The highest BCUT2D eigenvalue weighted by atomic mass is 32.1. The van der Waals surface area contributed by atoms with Crippen LogP contribution in [0.4, 0.5) is 10.9 Å². The van der Waals surface area contributed by atoms with Crippen LogP contribution in [0.15, 0.2) is 36.5 Å². The first kappa shape index (κ1) is 17.4. The number of nitriles is 1. The molecule has 0 aliphatic carbocycles. The van der Waals surface area contributed by atoms with Gasteiger partial charge < -0.3 is 16.0 Å². The molecule has 3 aromatic rings. The predicted molar refractivity (Wildman–Crippen MR) is 105 cm³/mol. The largest absolute Gasteiger partial charge is 0.348 e. The van der Waals surface area contributed by atoms with Crippen LogP contribution in [0.1, 0.15) is 28.8 Å². The first-order valence-electron chi connectivity index (χ1n) is 8.76. The standard InChI is InChI=1S/C19H18N6OS/c20-10-12-3-4-15-16(8-12)27-19(24-15)25-17-9-13(5-7-22-17)18(26)23-14-2-1-6-21-11-14/h3-5,7-9,14,21H,1-2,6,11H2,(H,23,26)(H,22,24,25)/t14-/m1/s1. The molecule has 2 aromatic heterocycles. The Kier molecular flexibility index (Phi) is 4.96. The van der Waals surface area contributed by atoms with E-state index in [4.69, 9.17) is 5.26 Å². The molecule has 1 atom stereocenters. The Hall–Kier alpha value is -3.02. The number of nitrogens with one attached hydrogen (secondary N) is 3. The highest BCUT2D eigenvalue weighted by molar-refractivity contribution is 7.22. The van der Waals surface area contributed by atoms with E-state index >= 15 is 0 Å². The van der Waals surface area contributed by atoms with Crippen LogP contribution < -0.4 is 16.0 Å². The van der Waals surface area contributed by atoms with E-state index in [0.717, 1.165) is 36.1 Å². The van der Waals surface area contributed by atoms with Gasteiger partial charge in [-0.15, -0.1) is 0 Å². The lowest BCUT2D eigenvalue weighted by atomic mass is 10.1. The quantitative estimate of drug-likeness (QED) is 0.645. The lowest BCUT2D eigenvalue weighted by Crippen LogP contribution is -2.45. The minimum absolute atomic E-state index is 0.0999. The fourth-order valence-corrected chi connectivity index (χ4v) is 3.95. The number of benzene rings is 1. The first-order chi connectivity index (χ1) is 13.2. The Morgan fingerprint density at radius 2 is 2.26 bits per heavy atom. The number of piperidine rings is 1. The summed E-state index contributed by atoms with van der Waals surface area (Å²) >= 11 is 1.44. The summed E-state index contributed by atoms with van der Waals surface area (Å²) in [6.07, 6.45) is 3.67. The van der Waals surface area contributed by atoms with Gasteiger partial charge in [0.25, 0.3) is 5.91 Å². The molecule has 1 aliphatic rings. The Labute approximate surface area is 160 Å². The topological polar surface area (TPSA) is 103 Å². The third-order valence-electron chi connectivity index (χ3n) is 4.41. The van der Waals surface area contributed by atoms with Gasteiger partial charge in [0, 0.05) is 24.3 Å². The van der Waals surface area contributed by atoms with Crippen molar-refractivity contribution >= 4 is 38.4 Å². The molecule has 0 saturated carbocycles. The molecule has 1 aromatic carbocycles. The molecule has 0 spiro atoms. The zero-order chi connectivity index (χ0) is 18.6. The van der Waals surface area contributed by atoms with Crippen LogP contribution in [0.5, 0.6) is 0 Å². The second kappa shape index (κ2) is 7.70. The Balaban J connectivity index is 1.49. The Bertz CT molecular complexity index is 1020. The van der Waals surface area contributed by atoms with Crippen molar-refractivity contribution in [1.82, 2.24) is 20.6 Å². The molecule has 3 heterocycles. The lowest BCUT2D eigenvalue weighted by Gasteiger charge is -2.23. The van der Waals surface area contributed by atoms with E-state index in [1.54, 1.807) is 24.4 Å². The van der Waals surface area contributed by atoms with E-state index in [0.29, 0.717) is 22.1 Å². The predicted octanol–water partition coefficient (Wildman–Crippen LogP) is 2.79. The van der Waals surface area contributed by atoms with E-state index in [1.165, 1.54) is 11.3 Å². The Morgan fingerprint density at radius 1 is 1.33 bits per heavy atom. The van der Waals surface area contributed by atoms with E-state index in [2.05, 4.69) is 32.0 Å². The number of nitrogens with zero attached hydrogens (tertiary/aromatic N) is 3. The number of hydrogen-bond donors (Lipinski definition) is 3. The fraction of sp³-hybridized carbons (Fsp3) is 0.263. The molecule has 27 heavy (non-hydrogen) atoms. The number of thiazole rings is 1. The molecule has 1 amide bonds. The molecule has 1 aliphatic heterocycles. The third-order valence-corrected chi connectivity index (χ3v) is 5.34. The van der Waals surface area contributed by atoms with Crippen LogP contribution in [0.2, 0.25) is 0 Å². The normalized spacial score (nSPS) is 16.6. The number of amides is 1. The minimum atomic E-state index is -0.0999. The summed E-state index contributed by atoms with van der Waals surface area (Å²) in [7, 11) is 0. The van der Waals surface area contributed by atoms with Crippen molar-refractivity contribution in [3.63, 3.8) is 0 Å². The van der Waals surface area contributed by atoms with Crippen molar-refractivity contribution in [2.24, 2.45) is 0 Å². The van der Waals surface area contributed by atoms with E-state index < -0.39 is 0 Å². The van der Waals surface area contributed by atoms with Crippen molar-refractivity contribution in [2.45, 2.75) is 18.9 Å². The van der Waals surface area contributed by atoms with Gasteiger partial charge in [-0.2, -0.15) is 5.26 Å². The smallest absolute Gasteiger partial charge is 0.251 e. The highest BCUT2D eigenvalue weighted by Crippen LogP contribution is 2.28. The molecular formula is C19H18N6OS. The summed E-state index contributed by atoms with van der Waals surface area (Å²) in [5.74, 6) is 0.459. The molecule has 3 N–H and O–H groups in total. The fourth-order valence-electron chi connectivity index (χ4n) is 3.04. The van der Waals surface area contributed by atoms with Crippen molar-refractivity contribution < 1.29 is 4.79 Å². The number of rotatable bonds is 4. The van der Waals surface area contributed by atoms with Crippen molar-refractivity contribution in [3.8, 4) is 6.07 Å². The second-order valence-electron chi connectivity index (χ2n) is 6.38. The maximum atomic E-state index is 12.5. The van der Waals surface area contributed by atoms with Gasteiger partial charge in [-0.25, -0.2) is 9.97 Å². The van der Waals surface area contributed by atoms with Gasteiger partial charge in [-0.3, -0.25) is 4.79 Å². The van der Waals surface area contributed by atoms with E-state index in [1.807, 2.05) is 12.1 Å². The van der Waals surface area contributed by atoms with Crippen LogP contribution in [0, 0.1) is 11.3 Å². The average molecular weight is 378 g/mol. The van der Waals surface area contributed by atoms with Crippen LogP contribution >= 0.6 is 11.3 Å². The lowest BCUT2D eigenvalue weighted by molar-refractivity contribution is 0.0930. The number of carbonyl (C=O) groups excluding carboxylic acids is 1. The van der Waals surface area contributed by atoms with Crippen LogP contribution in [0.3, 0.4) is 0 Å². The van der Waals surface area contributed by atoms with Crippen LogP contribution in [0.25, 0.3) is 10.2 Å². The molecular weight excluding hydrogens is 360 g/mol. The Morgan fingerprint density at radius 3 is 3.07 bits per heavy atom. The van der Waals surface area contributed by atoms with Gasteiger partial charge in [0.05, 0.1) is 21.8 Å². The maximum absolute atomic E-state index is 12.5. The number of aromatic nitrogens is 2. The third kappa shape index (κ3) is 4.05. The summed E-state index contributed by atoms with van der Waals surface area (Å²) < 4.78 is 0.926. The van der Waals surface area contributed by atoms with Gasteiger partial charge >= 0.3 is 0 Å². The second-order valence-corrected chi connectivity index (χ2v) is 7.42. The van der Waals surface area contributed by atoms with Gasteiger partial charge in [0.15, 0.2) is 5.13 Å². The average Bonchev–Trinajstić information content (AvgIpc) is 3.10. The maximum Gasteiger partial charge on any atom is 0.251 e. The molecule has 0 radical (unpaired) electrons. The van der Waals surface area contributed by atoms with Gasteiger partial charge in [-0.05, 0) is 49.7 Å².